The van der Waals surface area contributed by atoms with Crippen LogP contribution in [0.25, 0.3) is 0 Å². The fraction of sp³-hybridized carbons (Fsp3) is 0.700. The first-order valence-electron chi connectivity index (χ1n) is 9.32. The Morgan fingerprint density at radius 2 is 1.36 bits per heavy atom. The number of rotatable bonds is 3. The number of hydrogen-bond acceptors (Lipinski definition) is 2. The standard InChI is InChI=1S/C20H27NO/c1-2-8-21(7-1)18-3-5-19(6-4-18)22-20-12-15-9-16(13-20)11-17(10-15)14-20/h3-6,15-17H,1-2,7-14H2. The second kappa shape index (κ2) is 4.91. The summed E-state index contributed by atoms with van der Waals surface area (Å²) in [4.78, 5) is 2.49. The number of benzene rings is 1. The van der Waals surface area contributed by atoms with Crippen LogP contribution < -0.4 is 9.64 Å². The first kappa shape index (κ1) is 13.3. The molecule has 0 aromatic heterocycles. The molecule has 0 unspecified atom stereocenters. The Morgan fingerprint density at radius 1 is 0.818 bits per heavy atom. The SMILES string of the molecule is c1cc(N2CCCC2)ccc1OC12CC3CC(CC(C3)C1)C2. The molecule has 2 heteroatoms. The van der Waals surface area contributed by atoms with Gasteiger partial charge in [0, 0.05) is 18.8 Å². The van der Waals surface area contributed by atoms with Crippen LogP contribution in [0.3, 0.4) is 0 Å². The van der Waals surface area contributed by atoms with Crippen molar-refractivity contribution >= 4 is 5.69 Å². The van der Waals surface area contributed by atoms with Gasteiger partial charge in [0.25, 0.3) is 0 Å². The van der Waals surface area contributed by atoms with Crippen molar-refractivity contribution in [3.05, 3.63) is 24.3 Å². The summed E-state index contributed by atoms with van der Waals surface area (Å²) < 4.78 is 6.61. The molecule has 6 rings (SSSR count). The lowest BCUT2D eigenvalue weighted by atomic mass is 9.54. The van der Waals surface area contributed by atoms with E-state index < -0.39 is 0 Å². The molecular formula is C20H27NO. The van der Waals surface area contributed by atoms with Crippen molar-refractivity contribution < 1.29 is 4.74 Å². The largest absolute Gasteiger partial charge is 0.487 e. The second-order valence-electron chi connectivity index (χ2n) is 8.39. The summed E-state index contributed by atoms with van der Waals surface area (Å²) >= 11 is 0. The van der Waals surface area contributed by atoms with Gasteiger partial charge in [-0.3, -0.25) is 0 Å². The van der Waals surface area contributed by atoms with Gasteiger partial charge >= 0.3 is 0 Å². The van der Waals surface area contributed by atoms with Gasteiger partial charge in [0.05, 0.1) is 0 Å². The minimum absolute atomic E-state index is 0.184. The van der Waals surface area contributed by atoms with Crippen LogP contribution in [0.5, 0.6) is 5.75 Å². The molecule has 0 N–H and O–H groups in total. The maximum atomic E-state index is 6.61. The van der Waals surface area contributed by atoms with Crippen LogP contribution in [-0.2, 0) is 0 Å². The summed E-state index contributed by atoms with van der Waals surface area (Å²) in [6.45, 7) is 2.43. The molecule has 0 radical (unpaired) electrons. The monoisotopic (exact) mass is 297 g/mol. The fourth-order valence-corrected chi connectivity index (χ4v) is 6.11. The van der Waals surface area contributed by atoms with Gasteiger partial charge in [0.15, 0.2) is 0 Å². The van der Waals surface area contributed by atoms with Crippen molar-refractivity contribution in [3.8, 4) is 5.75 Å². The van der Waals surface area contributed by atoms with Crippen molar-refractivity contribution in [3.63, 3.8) is 0 Å². The average molecular weight is 297 g/mol. The van der Waals surface area contributed by atoms with Crippen LogP contribution in [-0.4, -0.2) is 18.7 Å². The molecule has 5 fully saturated rings. The Balaban J connectivity index is 1.33. The van der Waals surface area contributed by atoms with Crippen molar-refractivity contribution in [2.24, 2.45) is 17.8 Å². The summed E-state index contributed by atoms with van der Waals surface area (Å²) in [5, 5.41) is 0. The molecule has 0 atom stereocenters. The van der Waals surface area contributed by atoms with Gasteiger partial charge in [-0.15, -0.1) is 0 Å². The van der Waals surface area contributed by atoms with Crippen LogP contribution in [0.2, 0.25) is 0 Å². The highest BCUT2D eigenvalue weighted by molar-refractivity contribution is 5.49. The molecular weight excluding hydrogens is 270 g/mol. The van der Waals surface area contributed by atoms with Crippen LogP contribution in [0.1, 0.15) is 51.4 Å². The predicted molar refractivity (Wildman–Crippen MR) is 89.4 cm³/mol. The molecule has 22 heavy (non-hydrogen) atoms. The van der Waals surface area contributed by atoms with Crippen LogP contribution in [0.4, 0.5) is 5.69 Å². The molecule has 2 nitrogen and oxygen atoms in total. The van der Waals surface area contributed by atoms with E-state index in [9.17, 15) is 0 Å². The highest BCUT2D eigenvalue weighted by atomic mass is 16.5. The van der Waals surface area contributed by atoms with E-state index in [1.54, 1.807) is 0 Å². The summed E-state index contributed by atoms with van der Waals surface area (Å²) in [5.74, 6) is 3.96. The van der Waals surface area contributed by atoms with E-state index in [1.165, 1.54) is 70.1 Å². The van der Waals surface area contributed by atoms with Crippen LogP contribution >= 0.6 is 0 Å². The van der Waals surface area contributed by atoms with Crippen molar-refractivity contribution in [1.29, 1.82) is 0 Å². The Morgan fingerprint density at radius 3 is 1.91 bits per heavy atom. The molecule has 0 spiro atoms. The molecule has 1 saturated heterocycles. The summed E-state index contributed by atoms with van der Waals surface area (Å²) in [6, 6.07) is 8.96. The van der Waals surface area contributed by atoms with Crippen molar-refractivity contribution in [1.82, 2.24) is 0 Å². The molecule has 0 amide bonds. The van der Waals surface area contributed by atoms with Crippen molar-refractivity contribution in [2.75, 3.05) is 18.0 Å². The molecule has 1 aromatic carbocycles. The van der Waals surface area contributed by atoms with Gasteiger partial charge in [-0.25, -0.2) is 0 Å². The molecule has 4 bridgehead atoms. The first-order valence-corrected chi connectivity index (χ1v) is 9.32. The van der Waals surface area contributed by atoms with E-state index in [2.05, 4.69) is 29.2 Å². The van der Waals surface area contributed by atoms with Gasteiger partial charge in [0.1, 0.15) is 11.4 Å². The third-order valence-electron chi connectivity index (χ3n) is 6.62. The highest BCUT2D eigenvalue weighted by Gasteiger charge is 2.52. The molecule has 4 aliphatic carbocycles. The zero-order valence-corrected chi connectivity index (χ0v) is 13.5. The van der Waals surface area contributed by atoms with E-state index in [0.717, 1.165) is 23.5 Å². The average Bonchev–Trinajstić information content (AvgIpc) is 3.00. The smallest absolute Gasteiger partial charge is 0.120 e. The zero-order chi connectivity index (χ0) is 14.6. The quantitative estimate of drug-likeness (QED) is 0.806. The van der Waals surface area contributed by atoms with E-state index in [1.807, 2.05) is 0 Å². The second-order valence-corrected chi connectivity index (χ2v) is 8.39. The van der Waals surface area contributed by atoms with E-state index in [-0.39, 0.29) is 5.60 Å². The molecule has 5 aliphatic rings. The maximum absolute atomic E-state index is 6.61. The predicted octanol–water partition coefficient (Wildman–Crippen LogP) is 4.63. The summed E-state index contributed by atoms with van der Waals surface area (Å²) in [6.07, 6.45) is 11.1. The van der Waals surface area contributed by atoms with Gasteiger partial charge in [0.2, 0.25) is 0 Å². The van der Waals surface area contributed by atoms with Gasteiger partial charge < -0.3 is 9.64 Å². The number of nitrogens with zero attached hydrogens (tertiary/aromatic N) is 1. The topological polar surface area (TPSA) is 12.5 Å². The van der Waals surface area contributed by atoms with E-state index >= 15 is 0 Å². The normalized spacial score (nSPS) is 39.5. The van der Waals surface area contributed by atoms with Crippen LogP contribution in [0, 0.1) is 17.8 Å². The van der Waals surface area contributed by atoms with E-state index in [4.69, 9.17) is 4.74 Å². The minimum Gasteiger partial charge on any atom is -0.487 e. The lowest BCUT2D eigenvalue weighted by Gasteiger charge is -2.56. The molecule has 4 saturated carbocycles. The Labute approximate surface area is 133 Å². The number of anilines is 1. The molecule has 1 aliphatic heterocycles. The van der Waals surface area contributed by atoms with Gasteiger partial charge in [-0.2, -0.15) is 0 Å². The third kappa shape index (κ3) is 2.23. The summed E-state index contributed by atoms with van der Waals surface area (Å²) in [5.41, 5.74) is 1.56. The molecule has 118 valence electrons. The van der Waals surface area contributed by atoms with Crippen molar-refractivity contribution in [2.45, 2.75) is 57.0 Å². The minimum atomic E-state index is 0.184. The zero-order valence-electron chi connectivity index (χ0n) is 13.5. The first-order chi connectivity index (χ1) is 10.8. The number of ether oxygens (including phenoxy) is 1. The Bertz CT molecular complexity index is 508. The highest BCUT2D eigenvalue weighted by Crippen LogP contribution is 2.57. The number of hydrogen-bond donors (Lipinski definition) is 0. The lowest BCUT2D eigenvalue weighted by molar-refractivity contribution is -0.107. The third-order valence-corrected chi connectivity index (χ3v) is 6.62. The molecule has 1 heterocycles. The van der Waals surface area contributed by atoms with Gasteiger partial charge in [-0.1, -0.05) is 0 Å². The molecule has 1 aromatic rings. The fourth-order valence-electron chi connectivity index (χ4n) is 6.11. The maximum Gasteiger partial charge on any atom is 0.120 e. The van der Waals surface area contributed by atoms with E-state index in [0.29, 0.717) is 0 Å². The van der Waals surface area contributed by atoms with Crippen LogP contribution in [0.15, 0.2) is 24.3 Å². The lowest BCUT2D eigenvalue weighted by Crippen LogP contribution is -2.53. The summed E-state index contributed by atoms with van der Waals surface area (Å²) in [7, 11) is 0. The Hall–Kier alpha value is -1.18. The Kier molecular flexibility index (Phi) is 2.96. The van der Waals surface area contributed by atoms with Gasteiger partial charge in [-0.05, 0) is 93.4 Å².